The highest BCUT2D eigenvalue weighted by atomic mass is 35.5. The molecular weight excluding hydrogens is 453 g/mol. The van der Waals surface area contributed by atoms with Gasteiger partial charge in [0.15, 0.2) is 0 Å². The number of benzene rings is 3. The number of fused-ring (bicyclic) bond motifs is 2. The van der Waals surface area contributed by atoms with Crippen LogP contribution in [0.15, 0.2) is 79.0 Å². The maximum Gasteiger partial charge on any atom is 0.258 e. The number of nitrogens with one attached hydrogen (secondary N) is 1. The lowest BCUT2D eigenvalue weighted by Crippen LogP contribution is -2.30. The largest absolute Gasteiger partial charge is 0.345 e. The number of amides is 2. The van der Waals surface area contributed by atoms with Gasteiger partial charge in [0.2, 0.25) is 0 Å². The highest BCUT2D eigenvalue weighted by Crippen LogP contribution is 2.31. The molecule has 0 unspecified atom stereocenters. The number of para-hydroxylation sites is 1. The van der Waals surface area contributed by atoms with Crippen LogP contribution in [0.2, 0.25) is 5.02 Å². The van der Waals surface area contributed by atoms with Crippen LogP contribution in [-0.2, 0) is 13.1 Å². The molecule has 0 fully saturated rings. The number of halogens is 2. The van der Waals surface area contributed by atoms with Gasteiger partial charge in [-0.05, 0) is 72.6 Å². The molecule has 5 rings (SSSR count). The molecule has 5 nitrogen and oxygen atoms in total. The van der Waals surface area contributed by atoms with Crippen molar-refractivity contribution in [2.45, 2.75) is 20.0 Å². The van der Waals surface area contributed by atoms with Crippen LogP contribution in [0.4, 0.5) is 15.8 Å². The van der Waals surface area contributed by atoms with Gasteiger partial charge in [0.25, 0.3) is 11.8 Å². The standard InChI is InChI=1S/C27H21ClFN3O2/c1-17-13-20(29)9-10-22(17)26(33)30-24-11-8-18(14-23(24)28)27(34)32-16-21-6-4-12-31(21)15-19-5-2-3-7-25(19)32/h2-14H,15-16H2,1H3,(H,30,33). The summed E-state index contributed by atoms with van der Waals surface area (Å²) in [6.45, 7) is 2.79. The molecule has 1 N–H and O–H groups in total. The first-order chi connectivity index (χ1) is 16.4. The van der Waals surface area contributed by atoms with Crippen LogP contribution in [0, 0.1) is 12.7 Å². The van der Waals surface area contributed by atoms with Gasteiger partial charge in [-0.2, -0.15) is 0 Å². The zero-order valence-electron chi connectivity index (χ0n) is 18.4. The maximum absolute atomic E-state index is 13.6. The molecule has 0 saturated heterocycles. The third-order valence-electron chi connectivity index (χ3n) is 6.01. The molecule has 170 valence electrons. The van der Waals surface area contributed by atoms with E-state index in [1.807, 2.05) is 42.6 Å². The molecule has 0 atom stereocenters. The number of hydrogen-bond donors (Lipinski definition) is 1. The monoisotopic (exact) mass is 473 g/mol. The summed E-state index contributed by atoms with van der Waals surface area (Å²) >= 11 is 6.46. The van der Waals surface area contributed by atoms with Crippen molar-refractivity contribution in [3.05, 3.63) is 118 Å². The van der Waals surface area contributed by atoms with Gasteiger partial charge in [-0.1, -0.05) is 29.8 Å². The summed E-state index contributed by atoms with van der Waals surface area (Å²) in [5, 5.41) is 2.99. The molecular formula is C27H21ClFN3O2. The van der Waals surface area contributed by atoms with E-state index in [0.717, 1.165) is 16.9 Å². The van der Waals surface area contributed by atoms with E-state index in [4.69, 9.17) is 11.6 Å². The van der Waals surface area contributed by atoms with Crippen LogP contribution in [0.1, 0.15) is 37.5 Å². The van der Waals surface area contributed by atoms with Crippen molar-refractivity contribution in [2.75, 3.05) is 10.2 Å². The fourth-order valence-corrected chi connectivity index (χ4v) is 4.47. The molecule has 0 saturated carbocycles. The highest BCUT2D eigenvalue weighted by molar-refractivity contribution is 6.34. The molecule has 0 spiro atoms. The van der Waals surface area contributed by atoms with Gasteiger partial charge < -0.3 is 14.8 Å². The molecule has 1 aliphatic heterocycles. The van der Waals surface area contributed by atoms with Crippen molar-refractivity contribution in [2.24, 2.45) is 0 Å². The Morgan fingerprint density at radius 2 is 1.79 bits per heavy atom. The van der Waals surface area contributed by atoms with E-state index >= 15 is 0 Å². The first-order valence-corrected chi connectivity index (χ1v) is 11.2. The van der Waals surface area contributed by atoms with E-state index < -0.39 is 11.7 Å². The van der Waals surface area contributed by atoms with Crippen LogP contribution in [0.5, 0.6) is 0 Å². The Hall–Kier alpha value is -3.90. The first-order valence-electron chi connectivity index (χ1n) is 10.8. The summed E-state index contributed by atoms with van der Waals surface area (Å²) in [7, 11) is 0. The van der Waals surface area contributed by atoms with Crippen LogP contribution >= 0.6 is 11.6 Å². The zero-order valence-corrected chi connectivity index (χ0v) is 19.1. The van der Waals surface area contributed by atoms with E-state index in [1.54, 1.807) is 30.0 Å². The van der Waals surface area contributed by atoms with Gasteiger partial charge >= 0.3 is 0 Å². The van der Waals surface area contributed by atoms with E-state index in [1.165, 1.54) is 18.2 Å². The number of carbonyl (C=O) groups is 2. The van der Waals surface area contributed by atoms with Crippen molar-refractivity contribution in [1.82, 2.24) is 4.57 Å². The summed E-state index contributed by atoms with van der Waals surface area (Å²) in [5.41, 5.74) is 4.60. The van der Waals surface area contributed by atoms with Gasteiger partial charge in [-0.3, -0.25) is 9.59 Å². The third-order valence-corrected chi connectivity index (χ3v) is 6.32. The van der Waals surface area contributed by atoms with Crippen molar-refractivity contribution >= 4 is 34.8 Å². The Balaban J connectivity index is 1.42. The summed E-state index contributed by atoms with van der Waals surface area (Å²) in [6.07, 6.45) is 2.01. The summed E-state index contributed by atoms with van der Waals surface area (Å²) in [5.74, 6) is -0.991. The minimum atomic E-state index is -0.405. The van der Waals surface area contributed by atoms with Crippen molar-refractivity contribution < 1.29 is 14.0 Å². The van der Waals surface area contributed by atoms with E-state index in [2.05, 4.69) is 9.88 Å². The third kappa shape index (κ3) is 4.08. The topological polar surface area (TPSA) is 54.3 Å². The highest BCUT2D eigenvalue weighted by Gasteiger charge is 2.25. The second-order valence-electron chi connectivity index (χ2n) is 8.26. The number of carbonyl (C=O) groups excluding carboxylic acids is 2. The quantitative estimate of drug-likeness (QED) is 0.394. The van der Waals surface area contributed by atoms with Crippen molar-refractivity contribution in [3.63, 3.8) is 0 Å². The van der Waals surface area contributed by atoms with Crippen LogP contribution in [-0.4, -0.2) is 16.4 Å². The molecule has 7 heteroatoms. The average Bonchev–Trinajstić information content (AvgIpc) is 3.18. The van der Waals surface area contributed by atoms with E-state index in [9.17, 15) is 14.0 Å². The second kappa shape index (κ2) is 8.80. The average molecular weight is 474 g/mol. The predicted molar refractivity (Wildman–Crippen MR) is 131 cm³/mol. The Kier molecular flexibility index (Phi) is 5.67. The molecule has 4 aromatic rings. The zero-order chi connectivity index (χ0) is 23.8. The van der Waals surface area contributed by atoms with E-state index in [-0.39, 0.29) is 10.9 Å². The van der Waals surface area contributed by atoms with Crippen molar-refractivity contribution in [1.29, 1.82) is 0 Å². The molecule has 34 heavy (non-hydrogen) atoms. The Bertz CT molecular complexity index is 1430. The predicted octanol–water partition coefficient (Wildman–Crippen LogP) is 6.05. The minimum Gasteiger partial charge on any atom is -0.345 e. The number of rotatable bonds is 3. The molecule has 1 aromatic heterocycles. The summed E-state index contributed by atoms with van der Waals surface area (Å²) in [6, 6.07) is 20.6. The summed E-state index contributed by atoms with van der Waals surface area (Å²) < 4.78 is 15.5. The number of hydrogen-bond acceptors (Lipinski definition) is 2. The molecule has 2 amide bonds. The van der Waals surface area contributed by atoms with Gasteiger partial charge in [-0.25, -0.2) is 4.39 Å². The second-order valence-corrected chi connectivity index (χ2v) is 8.66. The normalized spacial score (nSPS) is 12.5. The van der Waals surface area contributed by atoms with Crippen LogP contribution < -0.4 is 10.2 Å². The molecule has 2 heterocycles. The SMILES string of the molecule is Cc1cc(F)ccc1C(=O)Nc1ccc(C(=O)N2Cc3cccn3Cc3ccccc32)cc1Cl. The molecule has 0 bridgehead atoms. The lowest BCUT2D eigenvalue weighted by molar-refractivity contribution is 0.0983. The maximum atomic E-state index is 13.6. The van der Waals surface area contributed by atoms with E-state index in [0.29, 0.717) is 35.5 Å². The molecule has 0 radical (unpaired) electrons. The Morgan fingerprint density at radius 1 is 0.971 bits per heavy atom. The van der Waals surface area contributed by atoms with Gasteiger partial charge in [0.1, 0.15) is 5.82 Å². The van der Waals surface area contributed by atoms with Gasteiger partial charge in [0, 0.05) is 35.2 Å². The van der Waals surface area contributed by atoms with Crippen molar-refractivity contribution in [3.8, 4) is 0 Å². The number of aromatic nitrogens is 1. The first kappa shape index (κ1) is 21.9. The van der Waals surface area contributed by atoms with Crippen LogP contribution in [0.25, 0.3) is 0 Å². The number of anilines is 2. The fraction of sp³-hybridized carbons (Fsp3) is 0.111. The molecule has 3 aromatic carbocycles. The minimum absolute atomic E-state index is 0.184. The lowest BCUT2D eigenvalue weighted by atomic mass is 10.1. The summed E-state index contributed by atoms with van der Waals surface area (Å²) in [4.78, 5) is 28.0. The Morgan fingerprint density at radius 3 is 2.59 bits per heavy atom. The molecule has 1 aliphatic rings. The fourth-order valence-electron chi connectivity index (χ4n) is 4.24. The van der Waals surface area contributed by atoms with Gasteiger partial charge in [-0.15, -0.1) is 0 Å². The smallest absolute Gasteiger partial charge is 0.258 e. The Labute approximate surface area is 201 Å². The number of aryl methyl sites for hydroxylation is 1. The molecule has 0 aliphatic carbocycles. The van der Waals surface area contributed by atoms with Gasteiger partial charge in [0.05, 0.1) is 17.3 Å². The lowest BCUT2D eigenvalue weighted by Gasteiger charge is -2.23. The van der Waals surface area contributed by atoms with Crippen LogP contribution in [0.3, 0.4) is 0 Å². The number of nitrogens with zero attached hydrogens (tertiary/aromatic N) is 2.